The van der Waals surface area contributed by atoms with Gasteiger partial charge in [-0.1, -0.05) is 13.8 Å². The first kappa shape index (κ1) is 17.1. The second-order valence-corrected chi connectivity index (χ2v) is 9.49. The first-order valence-electron chi connectivity index (χ1n) is 9.67. The van der Waals surface area contributed by atoms with E-state index in [9.17, 15) is 0 Å². The van der Waals surface area contributed by atoms with Gasteiger partial charge in [-0.3, -0.25) is 0 Å². The van der Waals surface area contributed by atoms with Crippen LogP contribution in [-0.4, -0.2) is 37.3 Å². The van der Waals surface area contributed by atoms with Crippen molar-refractivity contribution in [1.29, 1.82) is 0 Å². The minimum absolute atomic E-state index is 0.332. The van der Waals surface area contributed by atoms with Gasteiger partial charge in [0.2, 0.25) is 5.88 Å². The largest absolute Gasteiger partial charge is 0.474 e. The number of fused-ring (bicyclic) bond motifs is 1. The van der Waals surface area contributed by atoms with Crippen molar-refractivity contribution >= 4 is 5.82 Å². The van der Waals surface area contributed by atoms with Crippen molar-refractivity contribution in [3.05, 3.63) is 17.7 Å². The van der Waals surface area contributed by atoms with Crippen LogP contribution in [0.4, 0.5) is 5.82 Å². The van der Waals surface area contributed by atoms with Gasteiger partial charge in [0, 0.05) is 49.6 Å². The van der Waals surface area contributed by atoms with Gasteiger partial charge in [0.15, 0.2) is 0 Å². The van der Waals surface area contributed by atoms with Crippen LogP contribution in [0, 0.1) is 17.3 Å². The summed E-state index contributed by atoms with van der Waals surface area (Å²) >= 11 is 0. The van der Waals surface area contributed by atoms with E-state index in [1.54, 1.807) is 0 Å². The van der Waals surface area contributed by atoms with Crippen LogP contribution >= 0.6 is 0 Å². The molecule has 4 rings (SSSR count). The molecular weight excluding hydrogens is 312 g/mol. The molecule has 5 heteroatoms. The van der Waals surface area contributed by atoms with Crippen molar-refractivity contribution in [2.45, 2.75) is 52.2 Å². The monoisotopic (exact) mass is 344 g/mol. The van der Waals surface area contributed by atoms with Gasteiger partial charge < -0.3 is 20.7 Å². The third-order valence-corrected chi connectivity index (χ3v) is 6.24. The summed E-state index contributed by atoms with van der Waals surface area (Å²) in [5.41, 5.74) is 7.52. The number of piperidine rings is 2. The smallest absolute Gasteiger partial charge is 0.215 e. The zero-order valence-electron chi connectivity index (χ0n) is 16.0. The summed E-state index contributed by atoms with van der Waals surface area (Å²) in [4.78, 5) is 7.25. The van der Waals surface area contributed by atoms with E-state index in [1.807, 2.05) is 19.9 Å². The van der Waals surface area contributed by atoms with E-state index < -0.39 is 5.54 Å². The Morgan fingerprint density at radius 3 is 2.44 bits per heavy atom. The molecule has 1 aromatic rings. The van der Waals surface area contributed by atoms with E-state index >= 15 is 0 Å². The molecule has 25 heavy (non-hydrogen) atoms. The maximum absolute atomic E-state index is 6.39. The summed E-state index contributed by atoms with van der Waals surface area (Å²) in [6.45, 7) is 13.0. The summed E-state index contributed by atoms with van der Waals surface area (Å²) in [6, 6.07) is 4.19. The van der Waals surface area contributed by atoms with Crippen LogP contribution < -0.4 is 20.7 Å². The summed E-state index contributed by atoms with van der Waals surface area (Å²) in [6.07, 6.45) is 2.72. The second kappa shape index (κ2) is 5.85. The number of aromatic nitrogens is 1. The fourth-order valence-corrected chi connectivity index (χ4v) is 4.10. The van der Waals surface area contributed by atoms with E-state index in [0.29, 0.717) is 23.4 Å². The fraction of sp³-hybridized carbons (Fsp3) is 0.750. The fourth-order valence-electron chi connectivity index (χ4n) is 4.10. The zero-order chi connectivity index (χ0) is 17.8. The number of hydrogen-bond acceptors (Lipinski definition) is 5. The Kier molecular flexibility index (Phi) is 4.00. The van der Waals surface area contributed by atoms with Crippen LogP contribution in [0.5, 0.6) is 5.88 Å². The van der Waals surface area contributed by atoms with Crippen molar-refractivity contribution in [3.8, 4) is 5.88 Å². The zero-order valence-corrected chi connectivity index (χ0v) is 16.0. The average molecular weight is 345 g/mol. The molecule has 1 aromatic heterocycles. The lowest BCUT2D eigenvalue weighted by Crippen LogP contribution is -2.38. The first-order valence-corrected chi connectivity index (χ1v) is 9.67. The molecule has 0 amide bonds. The van der Waals surface area contributed by atoms with E-state index in [4.69, 9.17) is 15.5 Å². The average Bonchev–Trinajstić information content (AvgIpc) is 2.95. The number of hydrogen-bond donors (Lipinski definition) is 2. The van der Waals surface area contributed by atoms with Crippen LogP contribution in [0.25, 0.3) is 0 Å². The molecule has 3 fully saturated rings. The van der Waals surface area contributed by atoms with Gasteiger partial charge in [0.05, 0.1) is 0 Å². The topological polar surface area (TPSA) is 63.4 Å². The lowest BCUT2D eigenvalue weighted by molar-refractivity contribution is 0.250. The van der Waals surface area contributed by atoms with Crippen LogP contribution in [0.3, 0.4) is 0 Å². The Morgan fingerprint density at radius 1 is 1.20 bits per heavy atom. The molecule has 1 saturated carbocycles. The molecule has 2 saturated heterocycles. The van der Waals surface area contributed by atoms with Gasteiger partial charge in [-0.2, -0.15) is 4.98 Å². The molecule has 1 aliphatic carbocycles. The molecule has 0 aromatic carbocycles. The standard InChI is InChI=1S/C20H32N4O/c1-19(2)5-7-24(8-6-19)16-9-13(20(3,4)21)10-17(23-16)25-18-14-11-22-12-15(14)18/h9-10,14-15,18,22H,5-8,11-12,21H2,1-4H3/t14-,15+,18?. The minimum atomic E-state index is -0.397. The Balaban J connectivity index is 1.56. The van der Waals surface area contributed by atoms with Crippen LogP contribution in [-0.2, 0) is 5.54 Å². The Hall–Kier alpha value is -1.33. The number of anilines is 1. The highest BCUT2D eigenvalue weighted by Crippen LogP contribution is 2.45. The SMILES string of the molecule is CC1(C)CCN(c2cc(C(C)(C)N)cc(OC3[C@H]4CNC[C@@H]34)n2)CC1. The maximum Gasteiger partial charge on any atom is 0.215 e. The van der Waals surface area contributed by atoms with Crippen molar-refractivity contribution in [1.82, 2.24) is 10.3 Å². The third kappa shape index (κ3) is 3.49. The molecular formula is C20H32N4O. The number of nitrogens with two attached hydrogens (primary N) is 1. The van der Waals surface area contributed by atoms with Crippen molar-refractivity contribution in [2.75, 3.05) is 31.1 Å². The van der Waals surface area contributed by atoms with Gasteiger partial charge in [-0.25, -0.2) is 0 Å². The summed E-state index contributed by atoms with van der Waals surface area (Å²) in [5, 5.41) is 3.42. The van der Waals surface area contributed by atoms with E-state index in [-0.39, 0.29) is 0 Å². The highest BCUT2D eigenvalue weighted by molar-refractivity contribution is 5.47. The quantitative estimate of drug-likeness (QED) is 0.879. The molecule has 2 aliphatic heterocycles. The third-order valence-electron chi connectivity index (χ3n) is 6.24. The van der Waals surface area contributed by atoms with Crippen molar-refractivity contribution in [2.24, 2.45) is 23.0 Å². The van der Waals surface area contributed by atoms with Crippen LogP contribution in [0.2, 0.25) is 0 Å². The Morgan fingerprint density at radius 2 is 1.84 bits per heavy atom. The highest BCUT2D eigenvalue weighted by Gasteiger charge is 2.55. The molecule has 1 unspecified atom stereocenters. The molecule has 3 atom stereocenters. The van der Waals surface area contributed by atoms with Gasteiger partial charge in [-0.05, 0) is 43.7 Å². The highest BCUT2D eigenvalue weighted by atomic mass is 16.5. The molecule has 0 spiro atoms. The summed E-state index contributed by atoms with van der Waals surface area (Å²) < 4.78 is 6.27. The molecule has 0 bridgehead atoms. The number of pyridine rings is 1. The number of ether oxygens (including phenoxy) is 1. The number of rotatable bonds is 4. The van der Waals surface area contributed by atoms with E-state index in [1.165, 1.54) is 12.8 Å². The number of nitrogens with one attached hydrogen (secondary N) is 1. The van der Waals surface area contributed by atoms with Gasteiger partial charge >= 0.3 is 0 Å². The first-order chi connectivity index (χ1) is 11.7. The second-order valence-electron chi connectivity index (χ2n) is 9.49. The molecule has 138 valence electrons. The normalized spacial score (nSPS) is 30.9. The molecule has 3 N–H and O–H groups in total. The molecule has 0 radical (unpaired) electrons. The lowest BCUT2D eigenvalue weighted by Gasteiger charge is -2.38. The Bertz CT molecular complexity index is 632. The van der Waals surface area contributed by atoms with E-state index in [0.717, 1.165) is 43.4 Å². The van der Waals surface area contributed by atoms with E-state index in [2.05, 4.69) is 30.1 Å². The molecule has 3 heterocycles. The number of nitrogens with zero attached hydrogens (tertiary/aromatic N) is 2. The van der Waals surface area contributed by atoms with Crippen molar-refractivity contribution in [3.63, 3.8) is 0 Å². The maximum atomic E-state index is 6.39. The van der Waals surface area contributed by atoms with Gasteiger partial charge in [0.1, 0.15) is 11.9 Å². The lowest BCUT2D eigenvalue weighted by atomic mass is 9.82. The van der Waals surface area contributed by atoms with Crippen LogP contribution in [0.1, 0.15) is 46.1 Å². The molecule has 3 aliphatic rings. The summed E-state index contributed by atoms with van der Waals surface area (Å²) in [5.74, 6) is 3.09. The van der Waals surface area contributed by atoms with Crippen LogP contribution in [0.15, 0.2) is 12.1 Å². The predicted molar refractivity (Wildman–Crippen MR) is 101 cm³/mol. The summed E-state index contributed by atoms with van der Waals surface area (Å²) in [7, 11) is 0. The predicted octanol–water partition coefficient (Wildman–Crippen LogP) is 2.50. The Labute approximate surface area is 151 Å². The minimum Gasteiger partial charge on any atom is -0.474 e. The molecule has 5 nitrogen and oxygen atoms in total. The van der Waals surface area contributed by atoms with Crippen molar-refractivity contribution < 1.29 is 4.74 Å². The van der Waals surface area contributed by atoms with Gasteiger partial charge in [-0.15, -0.1) is 0 Å². The van der Waals surface area contributed by atoms with Gasteiger partial charge in [0.25, 0.3) is 0 Å².